The first-order valence-electron chi connectivity index (χ1n) is 6.39. The second-order valence-corrected chi connectivity index (χ2v) is 4.97. The van der Waals surface area contributed by atoms with Gasteiger partial charge in [-0.2, -0.15) is 0 Å². The standard InChI is InChI=1S/C18H20/c1-13-5-8-17(9-6-13)10-12-18-11-7-14(2)15(3)16(18)4/h5-12H,1-4H3/b12-10+. The Bertz CT molecular complexity index is 572. The average Bonchev–Trinajstić information content (AvgIpc) is 2.37. The lowest BCUT2D eigenvalue weighted by atomic mass is 9.98. The molecule has 0 atom stereocenters. The molecular weight excluding hydrogens is 216 g/mol. The summed E-state index contributed by atoms with van der Waals surface area (Å²) in [5, 5.41) is 0. The van der Waals surface area contributed by atoms with Crippen molar-refractivity contribution in [2.45, 2.75) is 27.7 Å². The van der Waals surface area contributed by atoms with Gasteiger partial charge >= 0.3 is 0 Å². The van der Waals surface area contributed by atoms with Gasteiger partial charge in [0.1, 0.15) is 0 Å². The van der Waals surface area contributed by atoms with Crippen LogP contribution in [-0.2, 0) is 0 Å². The average molecular weight is 236 g/mol. The van der Waals surface area contributed by atoms with E-state index in [-0.39, 0.29) is 0 Å². The van der Waals surface area contributed by atoms with Crippen molar-refractivity contribution in [3.63, 3.8) is 0 Å². The Balaban J connectivity index is 2.29. The molecule has 0 bridgehead atoms. The maximum Gasteiger partial charge on any atom is -0.0224 e. The molecule has 0 unspecified atom stereocenters. The van der Waals surface area contributed by atoms with Crippen LogP contribution in [0.2, 0.25) is 0 Å². The lowest BCUT2D eigenvalue weighted by Crippen LogP contribution is -1.89. The minimum Gasteiger partial charge on any atom is -0.0587 e. The van der Waals surface area contributed by atoms with Crippen LogP contribution in [0.25, 0.3) is 12.2 Å². The SMILES string of the molecule is Cc1ccc(/C=C/c2ccc(C)c(C)c2C)cc1. The van der Waals surface area contributed by atoms with E-state index < -0.39 is 0 Å². The zero-order valence-electron chi connectivity index (χ0n) is 11.6. The molecule has 2 aromatic rings. The van der Waals surface area contributed by atoms with Crippen LogP contribution in [0.5, 0.6) is 0 Å². The van der Waals surface area contributed by atoms with Crippen LogP contribution < -0.4 is 0 Å². The number of benzene rings is 2. The first kappa shape index (κ1) is 12.6. The molecule has 2 rings (SSSR count). The fourth-order valence-electron chi connectivity index (χ4n) is 2.02. The maximum absolute atomic E-state index is 2.20. The lowest BCUT2D eigenvalue weighted by molar-refractivity contribution is 1.26. The Kier molecular flexibility index (Phi) is 3.66. The topological polar surface area (TPSA) is 0 Å². The number of aryl methyl sites for hydroxylation is 2. The van der Waals surface area contributed by atoms with E-state index in [1.165, 1.54) is 33.4 Å². The van der Waals surface area contributed by atoms with Crippen LogP contribution in [-0.4, -0.2) is 0 Å². The van der Waals surface area contributed by atoms with E-state index >= 15 is 0 Å². The zero-order chi connectivity index (χ0) is 13.1. The summed E-state index contributed by atoms with van der Waals surface area (Å²) in [6.45, 7) is 8.65. The van der Waals surface area contributed by atoms with Gasteiger partial charge < -0.3 is 0 Å². The van der Waals surface area contributed by atoms with Gasteiger partial charge in [0.15, 0.2) is 0 Å². The van der Waals surface area contributed by atoms with E-state index in [1.807, 2.05) is 0 Å². The van der Waals surface area contributed by atoms with Gasteiger partial charge in [-0.05, 0) is 55.5 Å². The van der Waals surface area contributed by atoms with E-state index in [2.05, 4.69) is 76.2 Å². The summed E-state index contributed by atoms with van der Waals surface area (Å²) < 4.78 is 0. The molecule has 2 aromatic carbocycles. The Morgan fingerprint density at radius 3 is 2.00 bits per heavy atom. The van der Waals surface area contributed by atoms with Crippen LogP contribution in [0, 0.1) is 27.7 Å². The molecule has 0 aliphatic carbocycles. The molecule has 0 fully saturated rings. The summed E-state index contributed by atoms with van der Waals surface area (Å²) in [5.41, 5.74) is 7.98. The van der Waals surface area contributed by atoms with Crippen LogP contribution in [0.4, 0.5) is 0 Å². The zero-order valence-corrected chi connectivity index (χ0v) is 11.6. The smallest absolute Gasteiger partial charge is 0.0224 e. The van der Waals surface area contributed by atoms with Gasteiger partial charge in [0.2, 0.25) is 0 Å². The van der Waals surface area contributed by atoms with Crippen LogP contribution in [0.1, 0.15) is 33.4 Å². The Morgan fingerprint density at radius 1 is 0.667 bits per heavy atom. The predicted molar refractivity (Wildman–Crippen MR) is 80.8 cm³/mol. The van der Waals surface area contributed by atoms with Gasteiger partial charge in [-0.25, -0.2) is 0 Å². The molecule has 0 aromatic heterocycles. The van der Waals surface area contributed by atoms with Crippen molar-refractivity contribution < 1.29 is 0 Å². The van der Waals surface area contributed by atoms with Crippen molar-refractivity contribution in [2.75, 3.05) is 0 Å². The third kappa shape index (κ3) is 2.70. The molecule has 0 saturated carbocycles. The van der Waals surface area contributed by atoms with Crippen LogP contribution in [0.3, 0.4) is 0 Å². The van der Waals surface area contributed by atoms with Gasteiger partial charge in [0.25, 0.3) is 0 Å². The summed E-state index contributed by atoms with van der Waals surface area (Å²) in [4.78, 5) is 0. The summed E-state index contributed by atoms with van der Waals surface area (Å²) >= 11 is 0. The van der Waals surface area contributed by atoms with E-state index in [9.17, 15) is 0 Å². The second-order valence-electron chi connectivity index (χ2n) is 4.97. The minimum atomic E-state index is 1.25. The van der Waals surface area contributed by atoms with Crippen molar-refractivity contribution in [2.24, 2.45) is 0 Å². The van der Waals surface area contributed by atoms with E-state index in [1.54, 1.807) is 0 Å². The van der Waals surface area contributed by atoms with Crippen molar-refractivity contribution in [3.05, 3.63) is 69.8 Å². The van der Waals surface area contributed by atoms with E-state index in [0.29, 0.717) is 0 Å². The van der Waals surface area contributed by atoms with E-state index in [0.717, 1.165) is 0 Å². The molecule has 0 saturated heterocycles. The van der Waals surface area contributed by atoms with Crippen molar-refractivity contribution >= 4 is 12.2 Å². The van der Waals surface area contributed by atoms with Crippen molar-refractivity contribution in [1.82, 2.24) is 0 Å². The third-order valence-electron chi connectivity index (χ3n) is 3.63. The third-order valence-corrected chi connectivity index (χ3v) is 3.63. The highest BCUT2D eigenvalue weighted by Gasteiger charge is 2.00. The minimum absolute atomic E-state index is 1.25. The molecule has 0 N–H and O–H groups in total. The molecule has 0 amide bonds. The summed E-state index contributed by atoms with van der Waals surface area (Å²) in [6, 6.07) is 13.0. The predicted octanol–water partition coefficient (Wildman–Crippen LogP) is 5.09. The van der Waals surface area contributed by atoms with Crippen LogP contribution in [0.15, 0.2) is 36.4 Å². The first-order chi connectivity index (χ1) is 8.58. The van der Waals surface area contributed by atoms with Gasteiger partial charge in [-0.3, -0.25) is 0 Å². The van der Waals surface area contributed by atoms with Crippen molar-refractivity contribution in [3.8, 4) is 0 Å². The van der Waals surface area contributed by atoms with Gasteiger partial charge in [-0.15, -0.1) is 0 Å². The normalized spacial score (nSPS) is 11.1. The van der Waals surface area contributed by atoms with Gasteiger partial charge in [0, 0.05) is 0 Å². The summed E-state index contributed by atoms with van der Waals surface area (Å²) in [5.74, 6) is 0. The van der Waals surface area contributed by atoms with Gasteiger partial charge in [-0.1, -0.05) is 54.1 Å². The maximum atomic E-state index is 2.20. The number of hydrogen-bond acceptors (Lipinski definition) is 0. The monoisotopic (exact) mass is 236 g/mol. The molecule has 0 nitrogen and oxygen atoms in total. The highest BCUT2D eigenvalue weighted by Crippen LogP contribution is 2.19. The molecule has 0 aliphatic heterocycles. The lowest BCUT2D eigenvalue weighted by Gasteiger charge is -2.07. The quantitative estimate of drug-likeness (QED) is 0.637. The highest BCUT2D eigenvalue weighted by molar-refractivity contribution is 5.72. The molecule has 0 spiro atoms. The molecular formula is C18H20. The molecule has 92 valence electrons. The molecule has 0 heteroatoms. The second kappa shape index (κ2) is 5.22. The molecule has 18 heavy (non-hydrogen) atoms. The highest BCUT2D eigenvalue weighted by atomic mass is 14.1. The Labute approximate surface area is 110 Å². The molecule has 0 aliphatic rings. The van der Waals surface area contributed by atoms with Crippen LogP contribution >= 0.6 is 0 Å². The fraction of sp³-hybridized carbons (Fsp3) is 0.222. The fourth-order valence-corrected chi connectivity index (χ4v) is 2.02. The number of hydrogen-bond donors (Lipinski definition) is 0. The molecule has 0 heterocycles. The Hall–Kier alpha value is -1.82. The first-order valence-corrected chi connectivity index (χ1v) is 6.39. The summed E-state index contributed by atoms with van der Waals surface area (Å²) in [6.07, 6.45) is 4.38. The van der Waals surface area contributed by atoms with Gasteiger partial charge in [0.05, 0.1) is 0 Å². The number of rotatable bonds is 2. The van der Waals surface area contributed by atoms with Crippen molar-refractivity contribution in [1.29, 1.82) is 0 Å². The largest absolute Gasteiger partial charge is 0.0587 e. The Morgan fingerprint density at radius 2 is 1.33 bits per heavy atom. The molecule has 0 radical (unpaired) electrons. The van der Waals surface area contributed by atoms with E-state index in [4.69, 9.17) is 0 Å². The summed E-state index contributed by atoms with van der Waals surface area (Å²) in [7, 11) is 0.